The van der Waals surface area contributed by atoms with Gasteiger partial charge in [-0.25, -0.2) is 0 Å². The second kappa shape index (κ2) is 6.40. The van der Waals surface area contributed by atoms with E-state index in [4.69, 9.17) is 4.74 Å². The molecular formula is C14H21NO2. The van der Waals surface area contributed by atoms with Crippen LogP contribution in [-0.4, -0.2) is 19.1 Å². The van der Waals surface area contributed by atoms with Crippen LogP contribution < -0.4 is 5.32 Å². The van der Waals surface area contributed by atoms with Crippen LogP contribution in [0.15, 0.2) is 30.3 Å². The van der Waals surface area contributed by atoms with Crippen molar-refractivity contribution in [3.8, 4) is 0 Å². The number of benzene rings is 1. The molecule has 0 saturated carbocycles. The highest BCUT2D eigenvalue weighted by Crippen LogP contribution is 2.15. The Kier molecular flexibility index (Phi) is 5.16. The molecule has 0 aliphatic heterocycles. The van der Waals surface area contributed by atoms with Crippen molar-refractivity contribution in [2.24, 2.45) is 5.92 Å². The predicted octanol–water partition coefficient (Wildman–Crippen LogP) is 2.53. The topological polar surface area (TPSA) is 38.3 Å². The quantitative estimate of drug-likeness (QED) is 0.797. The van der Waals surface area contributed by atoms with Crippen LogP contribution in [0.5, 0.6) is 0 Å². The monoisotopic (exact) mass is 235 g/mol. The van der Waals surface area contributed by atoms with Gasteiger partial charge in [0.05, 0.1) is 13.0 Å². The highest BCUT2D eigenvalue weighted by molar-refractivity contribution is 5.72. The van der Waals surface area contributed by atoms with Gasteiger partial charge >= 0.3 is 5.97 Å². The molecule has 17 heavy (non-hydrogen) atoms. The number of methoxy groups -OCH3 is 1. The van der Waals surface area contributed by atoms with Crippen molar-refractivity contribution < 1.29 is 9.53 Å². The summed E-state index contributed by atoms with van der Waals surface area (Å²) in [6.45, 7) is 5.97. The maximum atomic E-state index is 11.4. The lowest BCUT2D eigenvalue weighted by molar-refractivity contribution is -0.145. The van der Waals surface area contributed by atoms with Gasteiger partial charge in [-0.2, -0.15) is 0 Å². The third kappa shape index (κ3) is 3.86. The SMILES string of the molecule is COC(=O)[C@@H](C)[C@H](C)N[C@H](C)c1ccccc1. The van der Waals surface area contributed by atoms with Gasteiger partial charge in [0.2, 0.25) is 0 Å². The largest absolute Gasteiger partial charge is 0.469 e. The van der Waals surface area contributed by atoms with Gasteiger partial charge < -0.3 is 10.1 Å². The van der Waals surface area contributed by atoms with Crippen molar-refractivity contribution in [3.63, 3.8) is 0 Å². The standard InChI is InChI=1S/C14H21NO2/c1-10(14(16)17-4)11(2)15-12(3)13-8-6-5-7-9-13/h5-12,15H,1-4H3/t10-,11-,12+/m0/s1. The number of esters is 1. The third-order valence-corrected chi connectivity index (χ3v) is 3.14. The van der Waals surface area contributed by atoms with Gasteiger partial charge in [-0.3, -0.25) is 4.79 Å². The van der Waals surface area contributed by atoms with Gasteiger partial charge in [0.25, 0.3) is 0 Å². The predicted molar refractivity (Wildman–Crippen MR) is 68.6 cm³/mol. The lowest BCUT2D eigenvalue weighted by atomic mass is 10.0. The van der Waals surface area contributed by atoms with Gasteiger partial charge in [-0.1, -0.05) is 37.3 Å². The van der Waals surface area contributed by atoms with Crippen molar-refractivity contribution in [1.29, 1.82) is 0 Å². The molecule has 0 bridgehead atoms. The molecule has 1 aromatic rings. The first-order valence-corrected chi connectivity index (χ1v) is 5.95. The lowest BCUT2D eigenvalue weighted by Crippen LogP contribution is -2.38. The number of nitrogens with one attached hydrogen (secondary N) is 1. The van der Waals surface area contributed by atoms with Gasteiger partial charge in [-0.15, -0.1) is 0 Å². The Morgan fingerprint density at radius 3 is 2.29 bits per heavy atom. The number of carbonyl (C=O) groups excluding carboxylic acids is 1. The minimum Gasteiger partial charge on any atom is -0.469 e. The molecule has 1 N–H and O–H groups in total. The van der Waals surface area contributed by atoms with Crippen molar-refractivity contribution in [2.45, 2.75) is 32.9 Å². The van der Waals surface area contributed by atoms with Crippen LogP contribution in [-0.2, 0) is 9.53 Å². The summed E-state index contributed by atoms with van der Waals surface area (Å²) in [5.41, 5.74) is 1.22. The van der Waals surface area contributed by atoms with Crippen LogP contribution >= 0.6 is 0 Å². The number of hydrogen-bond donors (Lipinski definition) is 1. The molecule has 0 aliphatic carbocycles. The minimum absolute atomic E-state index is 0.0812. The normalized spacial score (nSPS) is 16.0. The average molecular weight is 235 g/mol. The number of ether oxygens (including phenoxy) is 1. The molecule has 3 atom stereocenters. The van der Waals surface area contributed by atoms with E-state index in [-0.39, 0.29) is 24.0 Å². The van der Waals surface area contributed by atoms with Gasteiger partial charge in [0.15, 0.2) is 0 Å². The molecular weight excluding hydrogens is 214 g/mol. The Hall–Kier alpha value is -1.35. The Labute approximate surface area is 103 Å². The van der Waals surface area contributed by atoms with Crippen LogP contribution in [0.2, 0.25) is 0 Å². The van der Waals surface area contributed by atoms with Crippen LogP contribution in [0.1, 0.15) is 32.4 Å². The van der Waals surface area contributed by atoms with Crippen LogP contribution in [0.25, 0.3) is 0 Å². The van der Waals surface area contributed by atoms with E-state index in [9.17, 15) is 4.79 Å². The van der Waals surface area contributed by atoms with E-state index in [0.29, 0.717) is 0 Å². The van der Waals surface area contributed by atoms with E-state index < -0.39 is 0 Å². The molecule has 1 aromatic carbocycles. The Morgan fingerprint density at radius 1 is 1.18 bits per heavy atom. The van der Waals surface area contributed by atoms with Gasteiger partial charge in [0.1, 0.15) is 0 Å². The fourth-order valence-electron chi connectivity index (χ4n) is 1.77. The summed E-state index contributed by atoms with van der Waals surface area (Å²) in [7, 11) is 1.42. The zero-order chi connectivity index (χ0) is 12.8. The number of rotatable bonds is 5. The summed E-state index contributed by atoms with van der Waals surface area (Å²) < 4.78 is 4.74. The fraction of sp³-hybridized carbons (Fsp3) is 0.500. The van der Waals surface area contributed by atoms with Gasteiger partial charge in [-0.05, 0) is 19.4 Å². The lowest BCUT2D eigenvalue weighted by Gasteiger charge is -2.24. The molecule has 1 rings (SSSR count). The smallest absolute Gasteiger partial charge is 0.309 e. The van der Waals surface area contributed by atoms with Gasteiger partial charge in [0, 0.05) is 12.1 Å². The molecule has 0 fully saturated rings. The molecule has 0 aromatic heterocycles. The van der Waals surface area contributed by atoms with E-state index >= 15 is 0 Å². The summed E-state index contributed by atoms with van der Waals surface area (Å²) in [4.78, 5) is 11.4. The Morgan fingerprint density at radius 2 is 1.76 bits per heavy atom. The first-order valence-electron chi connectivity index (χ1n) is 5.95. The molecule has 0 spiro atoms. The Balaban J connectivity index is 2.57. The van der Waals surface area contributed by atoms with Crippen molar-refractivity contribution in [2.75, 3.05) is 7.11 Å². The summed E-state index contributed by atoms with van der Waals surface area (Å²) in [5, 5.41) is 3.41. The highest BCUT2D eigenvalue weighted by atomic mass is 16.5. The maximum absolute atomic E-state index is 11.4. The molecule has 0 radical (unpaired) electrons. The highest BCUT2D eigenvalue weighted by Gasteiger charge is 2.22. The second-order valence-corrected chi connectivity index (χ2v) is 4.40. The maximum Gasteiger partial charge on any atom is 0.309 e. The zero-order valence-electron chi connectivity index (χ0n) is 10.9. The molecule has 0 heterocycles. The second-order valence-electron chi connectivity index (χ2n) is 4.40. The molecule has 0 amide bonds. The summed E-state index contributed by atoms with van der Waals surface area (Å²) in [5.74, 6) is -0.323. The zero-order valence-corrected chi connectivity index (χ0v) is 10.9. The molecule has 3 nitrogen and oxygen atoms in total. The average Bonchev–Trinajstić information content (AvgIpc) is 2.37. The fourth-order valence-corrected chi connectivity index (χ4v) is 1.77. The van der Waals surface area contributed by atoms with Crippen LogP contribution in [0, 0.1) is 5.92 Å². The molecule has 0 saturated heterocycles. The summed E-state index contributed by atoms with van der Waals surface area (Å²) in [6.07, 6.45) is 0. The van der Waals surface area contributed by atoms with E-state index in [2.05, 4.69) is 24.4 Å². The van der Waals surface area contributed by atoms with Crippen LogP contribution in [0.3, 0.4) is 0 Å². The summed E-state index contributed by atoms with van der Waals surface area (Å²) >= 11 is 0. The van der Waals surface area contributed by atoms with E-state index in [1.54, 1.807) is 0 Å². The van der Waals surface area contributed by atoms with Crippen molar-refractivity contribution >= 4 is 5.97 Å². The van der Waals surface area contributed by atoms with Crippen LogP contribution in [0.4, 0.5) is 0 Å². The first kappa shape index (κ1) is 13.7. The van der Waals surface area contributed by atoms with E-state index in [0.717, 1.165) is 0 Å². The number of hydrogen-bond acceptors (Lipinski definition) is 3. The summed E-state index contributed by atoms with van der Waals surface area (Å²) in [6, 6.07) is 10.5. The van der Waals surface area contributed by atoms with E-state index in [1.165, 1.54) is 12.7 Å². The van der Waals surface area contributed by atoms with Crippen molar-refractivity contribution in [3.05, 3.63) is 35.9 Å². The first-order chi connectivity index (χ1) is 8.06. The third-order valence-electron chi connectivity index (χ3n) is 3.14. The van der Waals surface area contributed by atoms with Crippen molar-refractivity contribution in [1.82, 2.24) is 5.32 Å². The minimum atomic E-state index is -0.176. The molecule has 3 heteroatoms. The Bertz CT molecular complexity index is 350. The van der Waals surface area contributed by atoms with E-state index in [1.807, 2.05) is 32.0 Å². The number of carbonyl (C=O) groups is 1. The molecule has 94 valence electrons. The molecule has 0 aliphatic rings. The molecule has 0 unspecified atom stereocenters.